The third kappa shape index (κ3) is 3.57. The van der Waals surface area contributed by atoms with Crippen LogP contribution in [-0.4, -0.2) is 29.8 Å². The molecule has 0 bridgehead atoms. The van der Waals surface area contributed by atoms with Crippen LogP contribution in [0.2, 0.25) is 0 Å². The second kappa shape index (κ2) is 7.76. The van der Waals surface area contributed by atoms with E-state index in [4.69, 9.17) is 5.73 Å². The fourth-order valence-corrected chi connectivity index (χ4v) is 4.03. The van der Waals surface area contributed by atoms with Crippen LogP contribution in [0.4, 0.5) is 0 Å². The molecule has 1 fully saturated rings. The van der Waals surface area contributed by atoms with Gasteiger partial charge in [-0.15, -0.1) is 0 Å². The van der Waals surface area contributed by atoms with Crippen molar-refractivity contribution in [3.8, 4) is 17.2 Å². The van der Waals surface area contributed by atoms with Gasteiger partial charge in [0.15, 0.2) is 0 Å². The highest BCUT2D eigenvalue weighted by atomic mass is 16.2. The molecule has 1 heterocycles. The van der Waals surface area contributed by atoms with Crippen LogP contribution in [0.5, 0.6) is 0 Å². The molecule has 3 aromatic carbocycles. The minimum absolute atomic E-state index is 0.0465. The lowest BCUT2D eigenvalue weighted by atomic mass is 9.93. The quantitative estimate of drug-likeness (QED) is 0.742. The topological polar surface area (TPSA) is 87.2 Å². The van der Waals surface area contributed by atoms with Crippen molar-refractivity contribution in [3.05, 3.63) is 71.8 Å². The molecule has 5 heteroatoms. The number of nitrogens with two attached hydrogens (primary N) is 1. The minimum atomic E-state index is -0.471. The molecule has 1 aliphatic heterocycles. The van der Waals surface area contributed by atoms with Gasteiger partial charge in [-0.2, -0.15) is 5.26 Å². The van der Waals surface area contributed by atoms with Crippen LogP contribution < -0.4 is 5.73 Å². The van der Waals surface area contributed by atoms with Crippen molar-refractivity contribution in [2.45, 2.75) is 12.8 Å². The van der Waals surface area contributed by atoms with Crippen LogP contribution in [0.1, 0.15) is 33.6 Å². The molecular formula is C24H21N3O2. The summed E-state index contributed by atoms with van der Waals surface area (Å²) in [5.41, 5.74) is 8.31. The average molecular weight is 383 g/mol. The molecule has 2 amide bonds. The van der Waals surface area contributed by atoms with Gasteiger partial charge in [0.25, 0.3) is 5.91 Å². The van der Waals surface area contributed by atoms with Crippen LogP contribution >= 0.6 is 0 Å². The molecule has 5 nitrogen and oxygen atoms in total. The molecule has 4 rings (SSSR count). The zero-order chi connectivity index (χ0) is 20.4. The smallest absolute Gasteiger partial charge is 0.253 e. The Bertz CT molecular complexity index is 1150. The number of hydrogen-bond acceptors (Lipinski definition) is 3. The maximum atomic E-state index is 13.0. The van der Waals surface area contributed by atoms with E-state index in [1.807, 2.05) is 48.5 Å². The fraction of sp³-hybridized carbons (Fsp3) is 0.208. The summed E-state index contributed by atoms with van der Waals surface area (Å²) in [6.07, 6.45) is 1.70. The van der Waals surface area contributed by atoms with Gasteiger partial charge in [-0.05, 0) is 52.9 Å². The van der Waals surface area contributed by atoms with E-state index < -0.39 is 5.91 Å². The van der Waals surface area contributed by atoms with Crippen LogP contribution in [0, 0.1) is 17.2 Å². The highest BCUT2D eigenvalue weighted by molar-refractivity contribution is 6.07. The van der Waals surface area contributed by atoms with E-state index >= 15 is 0 Å². The van der Waals surface area contributed by atoms with E-state index in [1.165, 1.54) is 0 Å². The average Bonchev–Trinajstić information content (AvgIpc) is 2.77. The number of primary amides is 1. The molecule has 144 valence electrons. The Morgan fingerprint density at radius 3 is 2.62 bits per heavy atom. The number of carbonyl (C=O) groups excluding carboxylic acids is 2. The second-order valence-electron chi connectivity index (χ2n) is 7.37. The monoisotopic (exact) mass is 383 g/mol. The lowest BCUT2D eigenvalue weighted by molar-refractivity contribution is 0.0699. The molecule has 1 atom stereocenters. The van der Waals surface area contributed by atoms with Crippen LogP contribution in [0.15, 0.2) is 60.7 Å². The zero-order valence-corrected chi connectivity index (χ0v) is 16.0. The molecule has 29 heavy (non-hydrogen) atoms. The van der Waals surface area contributed by atoms with Gasteiger partial charge in [-0.1, -0.05) is 42.5 Å². The third-order valence-electron chi connectivity index (χ3n) is 5.50. The number of likely N-dealkylation sites (tertiary alicyclic amines) is 1. The van der Waals surface area contributed by atoms with E-state index in [0.29, 0.717) is 24.2 Å². The standard InChI is InChI=1S/C24H21N3O2/c25-14-16-5-4-12-27(15-16)24(29)18-10-11-19-17(13-18)6-3-9-20(19)21-7-1-2-8-22(21)23(26)28/h1-3,6-11,13,16H,4-5,12,15H2,(H2,26,28). The molecular weight excluding hydrogens is 362 g/mol. The summed E-state index contributed by atoms with van der Waals surface area (Å²) in [5.74, 6) is -0.610. The van der Waals surface area contributed by atoms with Gasteiger partial charge in [0.1, 0.15) is 0 Å². The van der Waals surface area contributed by atoms with Crippen molar-refractivity contribution in [2.24, 2.45) is 11.7 Å². The summed E-state index contributed by atoms with van der Waals surface area (Å²) < 4.78 is 0. The van der Waals surface area contributed by atoms with Crippen molar-refractivity contribution < 1.29 is 9.59 Å². The SMILES string of the molecule is N#CC1CCCN(C(=O)c2ccc3c(-c4ccccc4C(N)=O)cccc3c2)C1. The number of nitriles is 1. The molecule has 3 aromatic rings. The molecule has 0 aliphatic carbocycles. The first kappa shape index (κ1) is 18.7. The Hall–Kier alpha value is -3.65. The van der Waals surface area contributed by atoms with Crippen molar-refractivity contribution in [2.75, 3.05) is 13.1 Å². The molecule has 0 saturated carbocycles. The van der Waals surface area contributed by atoms with Gasteiger partial charge >= 0.3 is 0 Å². The van der Waals surface area contributed by atoms with Gasteiger partial charge in [-0.3, -0.25) is 9.59 Å². The Labute approximate surface area is 169 Å². The molecule has 0 spiro atoms. The maximum Gasteiger partial charge on any atom is 0.253 e. The number of rotatable bonds is 3. The zero-order valence-electron chi connectivity index (χ0n) is 16.0. The van der Waals surface area contributed by atoms with Crippen molar-refractivity contribution in [3.63, 3.8) is 0 Å². The first-order chi connectivity index (χ1) is 14.1. The number of amides is 2. The predicted molar refractivity (Wildman–Crippen MR) is 112 cm³/mol. The summed E-state index contributed by atoms with van der Waals surface area (Å²) in [5, 5.41) is 11.1. The maximum absolute atomic E-state index is 13.0. The number of nitrogens with zero attached hydrogens (tertiary/aromatic N) is 2. The van der Waals surface area contributed by atoms with E-state index in [9.17, 15) is 14.9 Å². The number of fused-ring (bicyclic) bond motifs is 1. The van der Waals surface area contributed by atoms with E-state index in [2.05, 4.69) is 6.07 Å². The minimum Gasteiger partial charge on any atom is -0.366 e. The van der Waals surface area contributed by atoms with Gasteiger partial charge in [0, 0.05) is 24.2 Å². The Kier molecular flexibility index (Phi) is 5.01. The van der Waals surface area contributed by atoms with Crippen LogP contribution in [-0.2, 0) is 0 Å². The molecule has 2 N–H and O–H groups in total. The van der Waals surface area contributed by atoms with Gasteiger partial charge in [0.05, 0.1) is 12.0 Å². The Morgan fingerprint density at radius 1 is 1.03 bits per heavy atom. The fourth-order valence-electron chi connectivity index (χ4n) is 4.03. The van der Waals surface area contributed by atoms with Crippen LogP contribution in [0.3, 0.4) is 0 Å². The largest absolute Gasteiger partial charge is 0.366 e. The van der Waals surface area contributed by atoms with Crippen molar-refractivity contribution in [1.82, 2.24) is 4.90 Å². The summed E-state index contributed by atoms with van der Waals surface area (Å²) in [6.45, 7) is 1.17. The predicted octanol–water partition coefficient (Wildman–Crippen LogP) is 3.98. The van der Waals surface area contributed by atoms with Crippen molar-refractivity contribution >= 4 is 22.6 Å². The molecule has 0 radical (unpaired) electrons. The summed E-state index contributed by atoms with van der Waals surface area (Å²) in [4.78, 5) is 26.6. The molecule has 0 aromatic heterocycles. The summed E-state index contributed by atoms with van der Waals surface area (Å²) in [7, 11) is 0. The number of hydrogen-bond donors (Lipinski definition) is 1. The van der Waals surface area contributed by atoms with E-state index in [0.717, 1.165) is 34.7 Å². The lowest BCUT2D eigenvalue weighted by Crippen LogP contribution is -2.39. The normalized spacial score (nSPS) is 16.4. The second-order valence-corrected chi connectivity index (χ2v) is 7.37. The van der Waals surface area contributed by atoms with Gasteiger partial charge in [0.2, 0.25) is 5.91 Å². The van der Waals surface area contributed by atoms with E-state index in [-0.39, 0.29) is 11.8 Å². The summed E-state index contributed by atoms with van der Waals surface area (Å²) >= 11 is 0. The summed E-state index contributed by atoms with van der Waals surface area (Å²) in [6, 6.07) is 21.0. The van der Waals surface area contributed by atoms with Gasteiger partial charge in [-0.25, -0.2) is 0 Å². The number of piperidine rings is 1. The molecule has 1 aliphatic rings. The number of carbonyl (C=O) groups is 2. The third-order valence-corrected chi connectivity index (χ3v) is 5.50. The van der Waals surface area contributed by atoms with Crippen molar-refractivity contribution in [1.29, 1.82) is 5.26 Å². The lowest BCUT2D eigenvalue weighted by Gasteiger charge is -2.29. The molecule has 1 saturated heterocycles. The Morgan fingerprint density at radius 2 is 1.83 bits per heavy atom. The first-order valence-electron chi connectivity index (χ1n) is 9.69. The highest BCUT2D eigenvalue weighted by Crippen LogP contribution is 2.32. The molecule has 1 unspecified atom stereocenters. The first-order valence-corrected chi connectivity index (χ1v) is 9.69. The highest BCUT2D eigenvalue weighted by Gasteiger charge is 2.24. The number of benzene rings is 3. The van der Waals surface area contributed by atoms with Gasteiger partial charge < -0.3 is 10.6 Å². The Balaban J connectivity index is 1.73. The van der Waals surface area contributed by atoms with Crippen LogP contribution in [0.25, 0.3) is 21.9 Å². The van der Waals surface area contributed by atoms with E-state index in [1.54, 1.807) is 17.0 Å².